The third-order valence-corrected chi connectivity index (χ3v) is 2.22. The summed E-state index contributed by atoms with van der Waals surface area (Å²) in [6.07, 6.45) is 0. The molecule has 2 N–H and O–H groups in total. The minimum absolute atomic E-state index is 0.0936. The highest BCUT2D eigenvalue weighted by molar-refractivity contribution is 5.95. The summed E-state index contributed by atoms with van der Waals surface area (Å²) in [5, 5.41) is 19.3. The van der Waals surface area contributed by atoms with Gasteiger partial charge in [0, 0.05) is 25.7 Å². The maximum atomic E-state index is 11.8. The molecule has 0 saturated heterocycles. The number of hydrogen-bond donors (Lipinski definition) is 2. The molecular weight excluding hydrogens is 270 g/mol. The van der Waals surface area contributed by atoms with Crippen molar-refractivity contribution in [1.82, 2.24) is 4.90 Å². The molecule has 0 unspecified atom stereocenters. The Morgan fingerprint density at radius 2 is 2.10 bits per heavy atom. The van der Waals surface area contributed by atoms with Crippen LogP contribution in [-0.4, -0.2) is 47.5 Å². The van der Waals surface area contributed by atoms with Crippen LogP contribution in [0.4, 0.5) is 11.4 Å². The Bertz CT molecular complexity index is 543. The summed E-state index contributed by atoms with van der Waals surface area (Å²) in [6, 6.07) is 3.67. The lowest BCUT2D eigenvalue weighted by molar-refractivity contribution is -0.384. The largest absolute Gasteiger partial charge is 0.479 e. The highest BCUT2D eigenvalue weighted by atomic mass is 16.7. The summed E-state index contributed by atoms with van der Waals surface area (Å²) >= 11 is 0. The first-order valence-electron chi connectivity index (χ1n) is 5.42. The van der Waals surface area contributed by atoms with Gasteiger partial charge in [-0.2, -0.15) is 0 Å². The molecule has 1 aromatic rings. The van der Waals surface area contributed by atoms with Crippen LogP contribution in [0.3, 0.4) is 0 Å². The van der Waals surface area contributed by atoms with Crippen molar-refractivity contribution in [3.8, 4) is 0 Å². The zero-order valence-corrected chi connectivity index (χ0v) is 10.8. The Morgan fingerprint density at radius 3 is 2.60 bits per heavy atom. The first kappa shape index (κ1) is 15.4. The van der Waals surface area contributed by atoms with Gasteiger partial charge >= 0.3 is 5.97 Å². The fourth-order valence-electron chi connectivity index (χ4n) is 1.34. The number of anilines is 1. The number of nitrogens with one attached hydrogen (secondary N) is 1. The molecule has 0 aliphatic carbocycles. The summed E-state index contributed by atoms with van der Waals surface area (Å²) in [6.45, 7) is -0.678. The van der Waals surface area contributed by atoms with Gasteiger partial charge in [-0.3, -0.25) is 25.2 Å². The molecule has 0 bridgehead atoms. The average Bonchev–Trinajstić information content (AvgIpc) is 2.36. The lowest BCUT2D eigenvalue weighted by Crippen LogP contribution is -2.22. The number of amides is 1. The fraction of sp³-hybridized carbons (Fsp3) is 0.273. The van der Waals surface area contributed by atoms with Crippen molar-refractivity contribution >= 4 is 23.3 Å². The molecule has 1 amide bonds. The first-order valence-corrected chi connectivity index (χ1v) is 5.42. The monoisotopic (exact) mass is 283 g/mol. The average molecular weight is 283 g/mol. The van der Waals surface area contributed by atoms with Crippen LogP contribution in [0.2, 0.25) is 0 Å². The molecule has 0 aromatic heterocycles. The van der Waals surface area contributed by atoms with Crippen LogP contribution >= 0.6 is 0 Å². The minimum atomic E-state index is -1.24. The van der Waals surface area contributed by atoms with Crippen LogP contribution in [-0.2, 0) is 9.63 Å². The van der Waals surface area contributed by atoms with Crippen molar-refractivity contribution in [2.45, 2.75) is 0 Å². The molecular formula is C11H13N3O6. The predicted molar refractivity (Wildman–Crippen MR) is 68.3 cm³/mol. The molecule has 0 aliphatic heterocycles. The summed E-state index contributed by atoms with van der Waals surface area (Å²) < 4.78 is 0. The van der Waals surface area contributed by atoms with Gasteiger partial charge in [-0.25, -0.2) is 4.79 Å². The lowest BCUT2D eigenvalue weighted by atomic mass is 10.1. The molecule has 0 heterocycles. The lowest BCUT2D eigenvalue weighted by Gasteiger charge is -2.12. The predicted octanol–water partition coefficient (Wildman–Crippen LogP) is 0.725. The second kappa shape index (κ2) is 6.48. The third kappa shape index (κ3) is 3.92. The molecule has 1 aromatic carbocycles. The van der Waals surface area contributed by atoms with Crippen molar-refractivity contribution in [2.24, 2.45) is 0 Å². The Morgan fingerprint density at radius 1 is 1.45 bits per heavy atom. The van der Waals surface area contributed by atoms with Crippen molar-refractivity contribution in [3.63, 3.8) is 0 Å². The van der Waals surface area contributed by atoms with E-state index in [4.69, 9.17) is 5.11 Å². The Kier molecular flexibility index (Phi) is 4.98. The van der Waals surface area contributed by atoms with E-state index in [1.807, 2.05) is 0 Å². The second-order valence-electron chi connectivity index (χ2n) is 3.97. The van der Waals surface area contributed by atoms with E-state index in [1.54, 1.807) is 0 Å². The Labute approximate surface area is 113 Å². The number of carboxylic acid groups (broad SMARTS) is 1. The maximum Gasteiger partial charge on any atom is 0.332 e. The molecule has 9 nitrogen and oxygen atoms in total. The van der Waals surface area contributed by atoms with Crippen molar-refractivity contribution in [1.29, 1.82) is 0 Å². The van der Waals surface area contributed by atoms with Crippen LogP contribution < -0.4 is 5.48 Å². The topological polar surface area (TPSA) is 122 Å². The minimum Gasteiger partial charge on any atom is -0.479 e. The number of nitro benzene ring substituents is 1. The van der Waals surface area contributed by atoms with E-state index in [2.05, 4.69) is 10.3 Å². The van der Waals surface area contributed by atoms with Gasteiger partial charge in [-0.05, 0) is 12.1 Å². The normalized spacial score (nSPS) is 9.90. The molecule has 0 saturated carbocycles. The van der Waals surface area contributed by atoms with E-state index >= 15 is 0 Å². The number of benzene rings is 1. The van der Waals surface area contributed by atoms with Crippen molar-refractivity contribution < 1.29 is 24.5 Å². The zero-order valence-electron chi connectivity index (χ0n) is 10.8. The number of rotatable bonds is 6. The van der Waals surface area contributed by atoms with E-state index in [9.17, 15) is 19.7 Å². The number of nitro groups is 1. The summed E-state index contributed by atoms with van der Waals surface area (Å²) in [5.74, 6) is -1.58. The quantitative estimate of drug-likeness (QED) is 0.582. The van der Waals surface area contributed by atoms with Gasteiger partial charge < -0.3 is 10.0 Å². The van der Waals surface area contributed by atoms with Crippen molar-refractivity contribution in [3.05, 3.63) is 33.9 Å². The number of hydrogen-bond acceptors (Lipinski definition) is 6. The molecule has 0 fully saturated rings. The molecule has 0 radical (unpaired) electrons. The van der Waals surface area contributed by atoms with E-state index in [0.717, 1.165) is 6.07 Å². The number of carbonyl (C=O) groups excluding carboxylic acids is 1. The van der Waals surface area contributed by atoms with Gasteiger partial charge in [-0.15, -0.1) is 0 Å². The molecule has 20 heavy (non-hydrogen) atoms. The van der Waals surface area contributed by atoms with Crippen LogP contribution in [0.1, 0.15) is 10.4 Å². The highest BCUT2D eigenvalue weighted by Gasteiger charge is 2.18. The van der Waals surface area contributed by atoms with Gasteiger partial charge in [0.05, 0.1) is 4.92 Å². The summed E-state index contributed by atoms with van der Waals surface area (Å²) in [4.78, 5) is 38.1. The van der Waals surface area contributed by atoms with Crippen LogP contribution in [0, 0.1) is 10.1 Å². The number of carbonyl (C=O) groups is 2. The van der Waals surface area contributed by atoms with E-state index in [0.29, 0.717) is 0 Å². The van der Waals surface area contributed by atoms with E-state index < -0.39 is 17.5 Å². The summed E-state index contributed by atoms with van der Waals surface area (Å²) in [5.41, 5.74) is 1.96. The Balaban J connectivity index is 3.02. The van der Waals surface area contributed by atoms with Gasteiger partial charge in [0.25, 0.3) is 11.6 Å². The van der Waals surface area contributed by atoms with Crippen LogP contribution in [0.5, 0.6) is 0 Å². The first-order chi connectivity index (χ1) is 9.32. The van der Waals surface area contributed by atoms with Crippen LogP contribution in [0.15, 0.2) is 18.2 Å². The maximum absolute atomic E-state index is 11.8. The van der Waals surface area contributed by atoms with Gasteiger partial charge in [0.15, 0.2) is 6.61 Å². The van der Waals surface area contributed by atoms with Gasteiger partial charge in [-0.1, -0.05) is 0 Å². The number of aliphatic carboxylic acids is 1. The SMILES string of the molecule is CN(C)C(=O)c1ccc([N+](=O)[O-])c(NOCC(=O)O)c1. The molecule has 0 atom stereocenters. The van der Waals surface area contributed by atoms with E-state index in [-0.39, 0.29) is 22.8 Å². The standard InChI is InChI=1S/C11H13N3O6/c1-13(2)11(17)7-3-4-9(14(18)19)8(5-7)12-20-6-10(15)16/h3-5,12H,6H2,1-2H3,(H,15,16). The molecule has 108 valence electrons. The van der Waals surface area contributed by atoms with Crippen molar-refractivity contribution in [2.75, 3.05) is 26.2 Å². The summed E-state index contributed by atoms with van der Waals surface area (Å²) in [7, 11) is 3.08. The highest BCUT2D eigenvalue weighted by Crippen LogP contribution is 2.25. The molecule has 9 heteroatoms. The molecule has 1 rings (SSSR count). The van der Waals surface area contributed by atoms with E-state index in [1.165, 1.54) is 31.1 Å². The second-order valence-corrected chi connectivity index (χ2v) is 3.97. The smallest absolute Gasteiger partial charge is 0.332 e. The van der Waals surface area contributed by atoms with Crippen LogP contribution in [0.25, 0.3) is 0 Å². The number of carboxylic acids is 1. The molecule has 0 aliphatic rings. The fourth-order valence-corrected chi connectivity index (χ4v) is 1.34. The third-order valence-electron chi connectivity index (χ3n) is 2.22. The number of nitrogens with zero attached hydrogens (tertiary/aromatic N) is 2. The Hall–Kier alpha value is -2.68. The zero-order chi connectivity index (χ0) is 15.3. The van der Waals surface area contributed by atoms with Gasteiger partial charge in [0.1, 0.15) is 5.69 Å². The molecule has 0 spiro atoms. The van der Waals surface area contributed by atoms with Gasteiger partial charge in [0.2, 0.25) is 0 Å².